The predicted molar refractivity (Wildman–Crippen MR) is 83.5 cm³/mol. The van der Waals surface area contributed by atoms with E-state index in [0.717, 1.165) is 10.8 Å². The molecule has 1 heterocycles. The lowest BCUT2D eigenvalue weighted by Crippen LogP contribution is -2.30. The largest absolute Gasteiger partial charge is 0.493 e. The van der Waals surface area contributed by atoms with Crippen LogP contribution >= 0.6 is 11.3 Å². The Hall–Kier alpha value is -1.92. The molecule has 1 aromatic heterocycles. The highest BCUT2D eigenvalue weighted by Gasteiger charge is 2.10. The fourth-order valence-corrected chi connectivity index (χ4v) is 2.70. The van der Waals surface area contributed by atoms with Crippen LogP contribution in [0.1, 0.15) is 40.8 Å². The minimum absolute atomic E-state index is 0.347. The van der Waals surface area contributed by atoms with Crippen molar-refractivity contribution in [3.63, 3.8) is 0 Å². The second-order valence-corrected chi connectivity index (χ2v) is 5.83. The Morgan fingerprint density at radius 3 is 2.90 bits per heavy atom. The molecule has 2 rings (SSSR count). The maximum Gasteiger partial charge on any atom is 0.284 e. The van der Waals surface area contributed by atoms with Crippen LogP contribution in [0.25, 0.3) is 0 Å². The molecule has 1 amide bonds. The quantitative estimate of drug-likeness (QED) is 0.488. The molecule has 2 aromatic rings. The molecule has 0 saturated carbocycles. The van der Waals surface area contributed by atoms with Crippen LogP contribution in [0.3, 0.4) is 0 Å². The minimum Gasteiger partial charge on any atom is -0.493 e. The van der Waals surface area contributed by atoms with Crippen molar-refractivity contribution in [1.29, 1.82) is 0 Å². The van der Waals surface area contributed by atoms with Crippen molar-refractivity contribution in [1.82, 2.24) is 10.4 Å². The van der Waals surface area contributed by atoms with Crippen molar-refractivity contribution in [2.24, 2.45) is 5.84 Å². The Kier molecular flexibility index (Phi) is 5.30. The van der Waals surface area contributed by atoms with Gasteiger partial charge in [-0.05, 0) is 17.5 Å². The van der Waals surface area contributed by atoms with Gasteiger partial charge in [-0.2, -0.15) is 0 Å². The third-order valence-electron chi connectivity index (χ3n) is 3.03. The van der Waals surface area contributed by atoms with Gasteiger partial charge in [0.2, 0.25) is 0 Å². The third kappa shape index (κ3) is 4.03. The van der Waals surface area contributed by atoms with Gasteiger partial charge in [0.1, 0.15) is 11.4 Å². The number of aromatic nitrogens is 1. The number of nitrogens with zero attached hydrogens (tertiary/aromatic N) is 1. The number of nitrogen functional groups attached to an aromatic ring is 1. The Morgan fingerprint density at radius 1 is 1.43 bits per heavy atom. The van der Waals surface area contributed by atoms with E-state index < -0.39 is 0 Å². The van der Waals surface area contributed by atoms with Crippen molar-refractivity contribution in [3.8, 4) is 5.75 Å². The van der Waals surface area contributed by atoms with Crippen LogP contribution in [0.5, 0.6) is 5.75 Å². The molecule has 0 aliphatic heterocycles. The minimum atomic E-state index is -0.372. The third-order valence-corrected chi connectivity index (χ3v) is 3.94. The van der Waals surface area contributed by atoms with Crippen LogP contribution in [0.2, 0.25) is 0 Å². The number of amides is 1. The van der Waals surface area contributed by atoms with E-state index in [2.05, 4.69) is 30.3 Å². The Labute approximate surface area is 128 Å². The summed E-state index contributed by atoms with van der Waals surface area (Å²) < 4.78 is 5.84. The molecule has 0 saturated heterocycles. The van der Waals surface area contributed by atoms with Crippen LogP contribution in [0, 0.1) is 0 Å². The fraction of sp³-hybridized carbons (Fsp3) is 0.333. The summed E-state index contributed by atoms with van der Waals surface area (Å²) in [6.45, 7) is 4.81. The van der Waals surface area contributed by atoms with Crippen LogP contribution < -0.4 is 16.0 Å². The summed E-state index contributed by atoms with van der Waals surface area (Å²) in [6, 6.07) is 8.03. The number of para-hydroxylation sites is 1. The van der Waals surface area contributed by atoms with Crippen molar-refractivity contribution in [2.45, 2.75) is 26.2 Å². The normalized spacial score (nSPS) is 10.7. The van der Waals surface area contributed by atoms with E-state index in [9.17, 15) is 4.79 Å². The smallest absolute Gasteiger partial charge is 0.284 e. The van der Waals surface area contributed by atoms with Crippen LogP contribution in [-0.2, 0) is 6.42 Å². The van der Waals surface area contributed by atoms with Gasteiger partial charge in [-0.3, -0.25) is 10.2 Å². The number of carbonyl (C=O) groups is 1. The highest BCUT2D eigenvalue weighted by Crippen LogP contribution is 2.26. The maximum absolute atomic E-state index is 11.3. The zero-order valence-electron chi connectivity index (χ0n) is 12.1. The van der Waals surface area contributed by atoms with Gasteiger partial charge in [-0.15, -0.1) is 11.3 Å². The van der Waals surface area contributed by atoms with Crippen molar-refractivity contribution < 1.29 is 9.53 Å². The number of ether oxygens (including phenoxy) is 1. The number of benzene rings is 1. The molecule has 0 bridgehead atoms. The lowest BCUT2D eigenvalue weighted by molar-refractivity contribution is 0.0949. The summed E-state index contributed by atoms with van der Waals surface area (Å²) in [5, 5.41) is 2.55. The lowest BCUT2D eigenvalue weighted by Gasteiger charge is -2.13. The topological polar surface area (TPSA) is 77.2 Å². The first-order chi connectivity index (χ1) is 10.1. The monoisotopic (exact) mass is 305 g/mol. The number of nitrogens with one attached hydrogen (secondary N) is 1. The maximum atomic E-state index is 11.3. The molecule has 0 aliphatic carbocycles. The standard InChI is InChI=1S/C15H19N3O2S/c1-10(2)11-5-3-4-6-13(11)20-8-7-14-17-12(9-21-14)15(19)18-16/h3-6,9-10H,7-8,16H2,1-2H3,(H,18,19). The first-order valence-electron chi connectivity index (χ1n) is 6.79. The zero-order chi connectivity index (χ0) is 15.2. The average Bonchev–Trinajstić information content (AvgIpc) is 2.95. The number of nitrogens with two attached hydrogens (primary N) is 1. The number of thiazole rings is 1. The number of rotatable bonds is 6. The molecule has 0 fully saturated rings. The van der Waals surface area contributed by atoms with Gasteiger partial charge in [0.15, 0.2) is 0 Å². The average molecular weight is 305 g/mol. The molecule has 21 heavy (non-hydrogen) atoms. The molecular weight excluding hydrogens is 286 g/mol. The second kappa shape index (κ2) is 7.19. The number of carbonyl (C=O) groups excluding carboxylic acids is 1. The van der Waals surface area contributed by atoms with E-state index in [1.807, 2.05) is 18.2 Å². The van der Waals surface area contributed by atoms with Crippen molar-refractivity contribution >= 4 is 17.2 Å². The summed E-state index contributed by atoms with van der Waals surface area (Å²) in [6.07, 6.45) is 0.662. The SMILES string of the molecule is CC(C)c1ccccc1OCCc1nc(C(=O)NN)cs1. The Balaban J connectivity index is 1.93. The molecule has 6 heteroatoms. The van der Waals surface area contributed by atoms with E-state index >= 15 is 0 Å². The Bertz CT molecular complexity index is 610. The molecule has 1 aromatic carbocycles. The van der Waals surface area contributed by atoms with Gasteiger partial charge < -0.3 is 4.74 Å². The molecule has 5 nitrogen and oxygen atoms in total. The van der Waals surface area contributed by atoms with Gasteiger partial charge in [0.25, 0.3) is 5.91 Å². The predicted octanol–water partition coefficient (Wildman–Crippen LogP) is 2.49. The summed E-state index contributed by atoms with van der Waals surface area (Å²) in [5.74, 6) is 6.03. The summed E-state index contributed by atoms with van der Waals surface area (Å²) in [4.78, 5) is 15.5. The van der Waals surface area contributed by atoms with Crippen molar-refractivity contribution in [3.05, 3.63) is 45.9 Å². The second-order valence-electron chi connectivity index (χ2n) is 4.89. The highest BCUT2D eigenvalue weighted by molar-refractivity contribution is 7.09. The summed E-state index contributed by atoms with van der Waals surface area (Å²) >= 11 is 1.43. The van der Waals surface area contributed by atoms with Gasteiger partial charge >= 0.3 is 0 Å². The first kappa shape index (κ1) is 15.5. The van der Waals surface area contributed by atoms with E-state index in [4.69, 9.17) is 10.6 Å². The van der Waals surface area contributed by atoms with Gasteiger partial charge in [-0.1, -0.05) is 32.0 Å². The fourth-order valence-electron chi connectivity index (χ4n) is 1.94. The van der Waals surface area contributed by atoms with E-state index in [-0.39, 0.29) is 5.91 Å². The van der Waals surface area contributed by atoms with Gasteiger partial charge in [-0.25, -0.2) is 10.8 Å². The molecule has 0 atom stereocenters. The zero-order valence-corrected chi connectivity index (χ0v) is 12.9. The highest BCUT2D eigenvalue weighted by atomic mass is 32.1. The molecule has 112 valence electrons. The van der Waals surface area contributed by atoms with Gasteiger partial charge in [0, 0.05) is 11.8 Å². The summed E-state index contributed by atoms with van der Waals surface area (Å²) in [7, 11) is 0. The lowest BCUT2D eigenvalue weighted by atomic mass is 10.0. The van der Waals surface area contributed by atoms with Crippen LogP contribution in [-0.4, -0.2) is 17.5 Å². The van der Waals surface area contributed by atoms with E-state index in [1.54, 1.807) is 5.38 Å². The molecular formula is C15H19N3O2S. The Morgan fingerprint density at radius 2 is 2.19 bits per heavy atom. The molecule has 3 N–H and O–H groups in total. The number of hydrogen-bond donors (Lipinski definition) is 2. The molecule has 0 radical (unpaired) electrons. The summed E-state index contributed by atoms with van der Waals surface area (Å²) in [5.41, 5.74) is 3.61. The number of hydrazine groups is 1. The van der Waals surface area contributed by atoms with Crippen LogP contribution in [0.4, 0.5) is 0 Å². The van der Waals surface area contributed by atoms with Gasteiger partial charge in [0.05, 0.1) is 11.6 Å². The molecule has 0 aliphatic rings. The van der Waals surface area contributed by atoms with Crippen molar-refractivity contribution in [2.75, 3.05) is 6.61 Å². The first-order valence-corrected chi connectivity index (χ1v) is 7.67. The van der Waals surface area contributed by atoms with Crippen LogP contribution in [0.15, 0.2) is 29.6 Å². The molecule has 0 unspecified atom stereocenters. The molecule has 0 spiro atoms. The number of hydrogen-bond acceptors (Lipinski definition) is 5. The van der Waals surface area contributed by atoms with E-state index in [0.29, 0.717) is 24.6 Å². The van der Waals surface area contributed by atoms with E-state index in [1.165, 1.54) is 16.9 Å².